The van der Waals surface area contributed by atoms with Crippen LogP contribution < -0.4 is 0 Å². The lowest BCUT2D eigenvalue weighted by molar-refractivity contribution is 0.0687. The molecule has 0 bridgehead atoms. The van der Waals surface area contributed by atoms with Crippen molar-refractivity contribution >= 4 is 27.5 Å². The summed E-state index contributed by atoms with van der Waals surface area (Å²) < 4.78 is 36.6. The summed E-state index contributed by atoms with van der Waals surface area (Å²) in [5.74, 6) is -1.35. The maximum Gasteiger partial charge on any atom is 0.357 e. The van der Waals surface area contributed by atoms with Crippen molar-refractivity contribution in [1.29, 1.82) is 0 Å². The Bertz CT molecular complexity index is 819. The van der Waals surface area contributed by atoms with Crippen LogP contribution in [0.1, 0.15) is 28.5 Å². The van der Waals surface area contributed by atoms with E-state index in [-0.39, 0.29) is 18.0 Å². The van der Waals surface area contributed by atoms with Gasteiger partial charge in [0.25, 0.3) is 0 Å². The zero-order valence-corrected chi connectivity index (χ0v) is 14.3. The van der Waals surface area contributed by atoms with Crippen LogP contribution in [-0.2, 0) is 14.8 Å². The highest BCUT2D eigenvalue weighted by Crippen LogP contribution is 2.33. The number of nitrogens with zero attached hydrogens (tertiary/aromatic N) is 2. The number of hydrogen-bond acceptors (Lipinski definition) is 6. The normalized spacial score (nSPS) is 19.8. The van der Waals surface area contributed by atoms with Gasteiger partial charge in [0.1, 0.15) is 4.90 Å². The van der Waals surface area contributed by atoms with Gasteiger partial charge in [-0.2, -0.15) is 8.68 Å². The van der Waals surface area contributed by atoms with Crippen molar-refractivity contribution in [2.75, 3.05) is 19.8 Å². The zero-order chi connectivity index (χ0) is 17.2. The van der Waals surface area contributed by atoms with Crippen molar-refractivity contribution in [1.82, 2.24) is 8.68 Å². The van der Waals surface area contributed by atoms with Crippen LogP contribution in [0.4, 0.5) is 0 Å². The fraction of sp³-hybridized carbons (Fsp3) is 0.333. The van der Waals surface area contributed by atoms with Crippen LogP contribution in [0.25, 0.3) is 0 Å². The molecular formula is C15H16N2O5S2. The molecule has 1 saturated heterocycles. The summed E-state index contributed by atoms with van der Waals surface area (Å²) >= 11 is 0.820. The third-order valence-corrected chi connectivity index (χ3v) is 6.55. The van der Waals surface area contributed by atoms with Gasteiger partial charge in [0, 0.05) is 18.5 Å². The van der Waals surface area contributed by atoms with Gasteiger partial charge in [-0.3, -0.25) is 0 Å². The Kier molecular flexibility index (Phi) is 4.95. The lowest BCUT2D eigenvalue weighted by Crippen LogP contribution is -2.36. The second-order valence-corrected chi connectivity index (χ2v) is 7.76. The van der Waals surface area contributed by atoms with E-state index in [1.165, 1.54) is 9.69 Å². The van der Waals surface area contributed by atoms with Crippen molar-refractivity contribution < 1.29 is 23.1 Å². The summed E-state index contributed by atoms with van der Waals surface area (Å²) in [4.78, 5) is 11.0. The van der Waals surface area contributed by atoms with Crippen LogP contribution in [0, 0.1) is 0 Å². The first-order valence-corrected chi connectivity index (χ1v) is 9.61. The number of hydrogen-bond donors (Lipinski definition) is 1. The smallest absolute Gasteiger partial charge is 0.357 e. The molecular weight excluding hydrogens is 352 g/mol. The summed E-state index contributed by atoms with van der Waals surface area (Å²) in [6.07, 6.45) is 0.503. The van der Waals surface area contributed by atoms with E-state index in [2.05, 4.69) is 4.37 Å². The summed E-state index contributed by atoms with van der Waals surface area (Å²) in [5.41, 5.74) is 0.420. The van der Waals surface area contributed by atoms with Gasteiger partial charge in [-0.25, -0.2) is 13.2 Å². The Morgan fingerprint density at radius 1 is 1.29 bits per heavy atom. The molecule has 1 aliphatic rings. The Hall–Kier alpha value is -1.81. The number of carboxylic acids is 1. The highest BCUT2D eigenvalue weighted by atomic mass is 32.2. The predicted molar refractivity (Wildman–Crippen MR) is 87.6 cm³/mol. The molecule has 3 rings (SSSR count). The lowest BCUT2D eigenvalue weighted by Gasteiger charge is -2.28. The van der Waals surface area contributed by atoms with Crippen LogP contribution in [0.15, 0.2) is 40.6 Å². The molecule has 1 aliphatic heterocycles. The summed E-state index contributed by atoms with van der Waals surface area (Å²) in [5, 5.41) is 10.5. The Balaban J connectivity index is 2.05. The average molecular weight is 368 g/mol. The highest BCUT2D eigenvalue weighted by molar-refractivity contribution is 7.89. The molecule has 0 saturated carbocycles. The summed E-state index contributed by atoms with van der Waals surface area (Å²) in [7, 11) is -3.99. The van der Waals surface area contributed by atoms with Crippen LogP contribution in [0.2, 0.25) is 0 Å². The van der Waals surface area contributed by atoms with E-state index >= 15 is 0 Å². The molecule has 128 valence electrons. The van der Waals surface area contributed by atoms with Crippen LogP contribution in [0.3, 0.4) is 0 Å². The third-order valence-electron chi connectivity index (χ3n) is 3.85. The number of benzene rings is 1. The maximum absolute atomic E-state index is 13.1. The Morgan fingerprint density at radius 2 is 2.04 bits per heavy atom. The second kappa shape index (κ2) is 6.98. The van der Waals surface area contributed by atoms with Crippen LogP contribution in [0.5, 0.6) is 0 Å². The van der Waals surface area contributed by atoms with E-state index in [4.69, 9.17) is 4.74 Å². The molecule has 1 N–H and O–H groups in total. The van der Waals surface area contributed by atoms with Gasteiger partial charge in [0.15, 0.2) is 5.69 Å². The SMILES string of the molecule is O=C(O)c1nscc1S(=O)(=O)N1CCOCCC1c1ccccc1. The molecule has 0 spiro atoms. The zero-order valence-electron chi connectivity index (χ0n) is 12.7. The van der Waals surface area contributed by atoms with Crippen molar-refractivity contribution in [2.24, 2.45) is 0 Å². The molecule has 7 nitrogen and oxygen atoms in total. The minimum atomic E-state index is -3.99. The second-order valence-electron chi connectivity index (χ2n) is 5.28. The standard InChI is InChI=1S/C15H16N2O5S2/c18-15(19)14-13(10-23-16-14)24(20,21)17-7-9-22-8-6-12(17)11-4-2-1-3-5-11/h1-5,10,12H,6-9H2,(H,18,19). The molecule has 0 radical (unpaired) electrons. The van der Waals surface area contributed by atoms with E-state index in [1.807, 2.05) is 30.3 Å². The predicted octanol–water partition coefficient (Wildman–Crippen LogP) is 1.99. The first kappa shape index (κ1) is 17.0. The minimum Gasteiger partial charge on any atom is -0.476 e. The molecule has 0 aliphatic carbocycles. The molecule has 24 heavy (non-hydrogen) atoms. The quantitative estimate of drug-likeness (QED) is 0.886. The average Bonchev–Trinajstić information content (AvgIpc) is 2.94. The molecule has 1 aromatic heterocycles. The van der Waals surface area contributed by atoms with Crippen LogP contribution in [-0.4, -0.2) is 47.9 Å². The monoisotopic (exact) mass is 368 g/mol. The third kappa shape index (κ3) is 3.20. The first-order chi connectivity index (χ1) is 11.5. The molecule has 2 heterocycles. The van der Waals surface area contributed by atoms with Crippen LogP contribution >= 0.6 is 11.5 Å². The van der Waals surface area contributed by atoms with E-state index in [0.29, 0.717) is 13.0 Å². The summed E-state index contributed by atoms with van der Waals surface area (Å²) in [6.45, 7) is 0.874. The van der Waals surface area contributed by atoms with E-state index in [0.717, 1.165) is 17.1 Å². The number of ether oxygens (including phenoxy) is 1. The van der Waals surface area contributed by atoms with Gasteiger partial charge < -0.3 is 9.84 Å². The van der Waals surface area contributed by atoms with Gasteiger partial charge in [-0.15, -0.1) is 0 Å². The minimum absolute atomic E-state index is 0.163. The van der Waals surface area contributed by atoms with Crippen molar-refractivity contribution in [3.8, 4) is 0 Å². The Morgan fingerprint density at radius 3 is 2.75 bits per heavy atom. The van der Waals surface area contributed by atoms with E-state index in [1.54, 1.807) is 0 Å². The maximum atomic E-state index is 13.1. The molecule has 1 unspecified atom stereocenters. The number of carbonyl (C=O) groups is 1. The molecule has 9 heteroatoms. The topological polar surface area (TPSA) is 96.8 Å². The first-order valence-electron chi connectivity index (χ1n) is 7.34. The molecule has 2 aromatic rings. The highest BCUT2D eigenvalue weighted by Gasteiger charge is 2.37. The van der Waals surface area contributed by atoms with Gasteiger partial charge in [-0.1, -0.05) is 30.3 Å². The largest absolute Gasteiger partial charge is 0.476 e. The fourth-order valence-electron chi connectivity index (χ4n) is 2.73. The number of sulfonamides is 1. The van der Waals surface area contributed by atoms with E-state index in [9.17, 15) is 18.3 Å². The molecule has 0 amide bonds. The number of aromatic nitrogens is 1. The van der Waals surface area contributed by atoms with Gasteiger partial charge in [-0.05, 0) is 23.5 Å². The number of rotatable bonds is 4. The molecule has 1 aromatic carbocycles. The number of carboxylic acid groups (broad SMARTS) is 1. The van der Waals surface area contributed by atoms with Gasteiger partial charge >= 0.3 is 5.97 Å². The van der Waals surface area contributed by atoms with Crippen molar-refractivity contribution in [3.63, 3.8) is 0 Å². The van der Waals surface area contributed by atoms with Crippen molar-refractivity contribution in [3.05, 3.63) is 47.0 Å². The summed E-state index contributed by atoms with van der Waals surface area (Å²) in [6, 6.07) is 8.88. The van der Waals surface area contributed by atoms with Crippen molar-refractivity contribution in [2.45, 2.75) is 17.4 Å². The van der Waals surface area contributed by atoms with E-state index < -0.39 is 27.7 Å². The van der Waals surface area contributed by atoms with Gasteiger partial charge in [0.05, 0.1) is 12.6 Å². The molecule has 1 fully saturated rings. The molecule has 1 atom stereocenters. The number of aromatic carboxylic acids is 1. The van der Waals surface area contributed by atoms with Gasteiger partial charge in [0.2, 0.25) is 10.0 Å². The lowest BCUT2D eigenvalue weighted by atomic mass is 10.0. The fourth-order valence-corrected chi connectivity index (χ4v) is 5.45. The Labute approximate surface area is 143 Å².